The van der Waals surface area contributed by atoms with Crippen LogP contribution < -0.4 is 5.73 Å². The first-order chi connectivity index (χ1) is 9.58. The number of nitrogens with two attached hydrogens (primary N) is 1. The molecule has 0 heterocycles. The van der Waals surface area contributed by atoms with Crippen LogP contribution in [0.4, 0.5) is 0 Å². The monoisotopic (exact) mass is 275 g/mol. The highest BCUT2D eigenvalue weighted by Gasteiger charge is 2.08. The molecule has 1 heteroatoms. The summed E-state index contributed by atoms with van der Waals surface area (Å²) in [6.07, 6.45) is 8.66. The van der Waals surface area contributed by atoms with E-state index in [0.717, 1.165) is 18.9 Å². The van der Waals surface area contributed by atoms with E-state index in [0.29, 0.717) is 0 Å². The second kappa shape index (κ2) is 9.18. The number of hydrogen-bond acceptors (Lipinski definition) is 1. The first-order valence-corrected chi connectivity index (χ1v) is 8.39. The van der Waals surface area contributed by atoms with Crippen LogP contribution in [0.2, 0.25) is 0 Å². The minimum absolute atomic E-state index is 0.737. The molecule has 2 N–H and O–H groups in total. The molecule has 0 unspecified atom stereocenters. The van der Waals surface area contributed by atoms with Gasteiger partial charge in [-0.25, -0.2) is 0 Å². The van der Waals surface area contributed by atoms with Crippen LogP contribution in [0, 0.1) is 12.8 Å². The quantitative estimate of drug-likeness (QED) is 0.643. The van der Waals surface area contributed by atoms with Crippen molar-refractivity contribution in [2.45, 2.75) is 72.6 Å². The van der Waals surface area contributed by atoms with Crippen LogP contribution in [0.25, 0.3) is 0 Å². The van der Waals surface area contributed by atoms with Gasteiger partial charge in [0.1, 0.15) is 0 Å². The van der Waals surface area contributed by atoms with Gasteiger partial charge in [-0.2, -0.15) is 0 Å². The van der Waals surface area contributed by atoms with Crippen LogP contribution in [0.3, 0.4) is 0 Å². The second-order valence-electron chi connectivity index (χ2n) is 6.45. The van der Waals surface area contributed by atoms with Crippen molar-refractivity contribution in [3.8, 4) is 0 Å². The molecular weight excluding hydrogens is 242 g/mol. The Morgan fingerprint density at radius 1 is 0.950 bits per heavy atom. The summed E-state index contributed by atoms with van der Waals surface area (Å²) in [6, 6.07) is 4.91. The first kappa shape index (κ1) is 17.2. The summed E-state index contributed by atoms with van der Waals surface area (Å²) >= 11 is 0. The molecule has 0 spiro atoms. The Kier molecular flexibility index (Phi) is 7.91. The van der Waals surface area contributed by atoms with Gasteiger partial charge in [0.05, 0.1) is 0 Å². The van der Waals surface area contributed by atoms with E-state index in [1.165, 1.54) is 44.1 Å². The Bertz CT molecular complexity index is 393. The van der Waals surface area contributed by atoms with Crippen molar-refractivity contribution in [1.29, 1.82) is 0 Å². The second-order valence-corrected chi connectivity index (χ2v) is 6.45. The molecule has 0 aliphatic rings. The highest BCUT2D eigenvalue weighted by Crippen LogP contribution is 2.22. The maximum absolute atomic E-state index is 5.54. The lowest BCUT2D eigenvalue weighted by Gasteiger charge is -2.15. The van der Waals surface area contributed by atoms with Gasteiger partial charge in [0.25, 0.3) is 0 Å². The van der Waals surface area contributed by atoms with E-state index < -0.39 is 0 Å². The van der Waals surface area contributed by atoms with E-state index in [1.54, 1.807) is 16.7 Å². The van der Waals surface area contributed by atoms with Crippen molar-refractivity contribution in [3.05, 3.63) is 34.4 Å². The van der Waals surface area contributed by atoms with Gasteiger partial charge in [0.2, 0.25) is 0 Å². The Hall–Kier alpha value is -0.820. The van der Waals surface area contributed by atoms with Crippen molar-refractivity contribution < 1.29 is 0 Å². The van der Waals surface area contributed by atoms with Crippen LogP contribution in [-0.4, -0.2) is 6.54 Å². The molecule has 114 valence electrons. The minimum atomic E-state index is 0.737. The zero-order chi connectivity index (χ0) is 15.0. The highest BCUT2D eigenvalue weighted by molar-refractivity contribution is 5.38. The van der Waals surface area contributed by atoms with Crippen LogP contribution in [0.1, 0.15) is 68.7 Å². The van der Waals surface area contributed by atoms with Gasteiger partial charge in [-0.1, -0.05) is 45.7 Å². The molecule has 0 amide bonds. The van der Waals surface area contributed by atoms with Gasteiger partial charge in [-0.05, 0) is 73.7 Å². The average Bonchev–Trinajstić information content (AvgIpc) is 2.40. The predicted molar refractivity (Wildman–Crippen MR) is 90.3 cm³/mol. The van der Waals surface area contributed by atoms with E-state index in [9.17, 15) is 0 Å². The molecule has 1 aromatic rings. The Balaban J connectivity index is 2.68. The van der Waals surface area contributed by atoms with Crippen molar-refractivity contribution in [2.24, 2.45) is 11.7 Å². The summed E-state index contributed by atoms with van der Waals surface area (Å²) in [7, 11) is 0. The molecule has 0 radical (unpaired) electrons. The number of benzene rings is 1. The number of aryl methyl sites for hydroxylation is 3. The topological polar surface area (TPSA) is 26.0 Å². The third kappa shape index (κ3) is 5.66. The summed E-state index contributed by atoms with van der Waals surface area (Å²) in [5, 5.41) is 0. The average molecular weight is 275 g/mol. The summed E-state index contributed by atoms with van der Waals surface area (Å²) in [5.74, 6) is 0.737. The lowest BCUT2D eigenvalue weighted by molar-refractivity contribution is 0.638. The van der Waals surface area contributed by atoms with Gasteiger partial charge < -0.3 is 5.73 Å². The van der Waals surface area contributed by atoms with Gasteiger partial charge in [0.15, 0.2) is 0 Å². The van der Waals surface area contributed by atoms with E-state index in [2.05, 4.69) is 39.8 Å². The zero-order valence-corrected chi connectivity index (χ0v) is 14.0. The van der Waals surface area contributed by atoms with Crippen LogP contribution in [0.5, 0.6) is 0 Å². The van der Waals surface area contributed by atoms with Crippen LogP contribution in [0.15, 0.2) is 12.1 Å². The number of hydrogen-bond donors (Lipinski definition) is 1. The molecule has 1 rings (SSSR count). The standard InChI is InChI=1S/C19H33N/c1-5-17-14-19(12-15(2)3)16(4)13-18(17)10-8-6-7-9-11-20/h13-15H,5-12,20H2,1-4H3. The van der Waals surface area contributed by atoms with Crippen molar-refractivity contribution >= 4 is 0 Å². The fourth-order valence-electron chi connectivity index (χ4n) is 2.90. The smallest absolute Gasteiger partial charge is 0.00773 e. The largest absolute Gasteiger partial charge is 0.330 e. The maximum atomic E-state index is 5.54. The molecular formula is C19H33N. The molecule has 0 atom stereocenters. The fourth-order valence-corrected chi connectivity index (χ4v) is 2.90. The lowest BCUT2D eigenvalue weighted by Crippen LogP contribution is -2.02. The minimum Gasteiger partial charge on any atom is -0.330 e. The molecule has 0 fully saturated rings. The predicted octanol–water partition coefficient (Wildman–Crippen LogP) is 4.82. The number of rotatable bonds is 9. The van der Waals surface area contributed by atoms with Gasteiger partial charge in [0, 0.05) is 0 Å². The van der Waals surface area contributed by atoms with E-state index in [-0.39, 0.29) is 0 Å². The van der Waals surface area contributed by atoms with Crippen LogP contribution >= 0.6 is 0 Å². The van der Waals surface area contributed by atoms with Crippen molar-refractivity contribution in [1.82, 2.24) is 0 Å². The molecule has 20 heavy (non-hydrogen) atoms. The summed E-state index contributed by atoms with van der Waals surface area (Å²) in [5.41, 5.74) is 11.7. The highest BCUT2D eigenvalue weighted by atomic mass is 14.5. The molecule has 1 aromatic carbocycles. The number of unbranched alkanes of at least 4 members (excludes halogenated alkanes) is 3. The van der Waals surface area contributed by atoms with E-state index in [4.69, 9.17) is 5.73 Å². The van der Waals surface area contributed by atoms with Gasteiger partial charge >= 0.3 is 0 Å². The SMILES string of the molecule is CCc1cc(CC(C)C)c(C)cc1CCCCCCN. The maximum Gasteiger partial charge on any atom is -0.00773 e. The van der Waals surface area contributed by atoms with Crippen molar-refractivity contribution in [3.63, 3.8) is 0 Å². The van der Waals surface area contributed by atoms with Crippen LogP contribution in [-0.2, 0) is 19.3 Å². The van der Waals surface area contributed by atoms with Crippen molar-refractivity contribution in [2.75, 3.05) is 6.54 Å². The Morgan fingerprint density at radius 3 is 2.25 bits per heavy atom. The molecule has 0 aliphatic carbocycles. The lowest BCUT2D eigenvalue weighted by atomic mass is 9.90. The Morgan fingerprint density at radius 2 is 1.65 bits per heavy atom. The molecule has 0 saturated carbocycles. The first-order valence-electron chi connectivity index (χ1n) is 8.39. The third-order valence-electron chi connectivity index (χ3n) is 4.07. The van der Waals surface area contributed by atoms with Gasteiger partial charge in [-0.3, -0.25) is 0 Å². The third-order valence-corrected chi connectivity index (χ3v) is 4.07. The fraction of sp³-hybridized carbons (Fsp3) is 0.684. The van der Waals surface area contributed by atoms with E-state index >= 15 is 0 Å². The molecule has 0 saturated heterocycles. The molecule has 0 bridgehead atoms. The molecule has 0 aliphatic heterocycles. The summed E-state index contributed by atoms with van der Waals surface area (Å²) < 4.78 is 0. The normalized spacial score (nSPS) is 11.3. The molecule has 0 aromatic heterocycles. The Labute approximate surface area is 126 Å². The molecule has 1 nitrogen and oxygen atoms in total. The summed E-state index contributed by atoms with van der Waals surface area (Å²) in [6.45, 7) is 9.99. The summed E-state index contributed by atoms with van der Waals surface area (Å²) in [4.78, 5) is 0. The van der Waals surface area contributed by atoms with E-state index in [1.807, 2.05) is 0 Å². The zero-order valence-electron chi connectivity index (χ0n) is 14.0. The van der Waals surface area contributed by atoms with Gasteiger partial charge in [-0.15, -0.1) is 0 Å².